The van der Waals surface area contributed by atoms with Crippen molar-refractivity contribution in [3.8, 4) is 5.75 Å². The molecule has 1 aliphatic rings. The zero-order valence-corrected chi connectivity index (χ0v) is 16.1. The molecule has 0 amide bonds. The van der Waals surface area contributed by atoms with E-state index in [1.807, 2.05) is 0 Å². The zero-order chi connectivity index (χ0) is 18.1. The molecule has 0 saturated carbocycles. The first-order chi connectivity index (χ1) is 12.6. The van der Waals surface area contributed by atoms with Gasteiger partial charge < -0.3 is 14.3 Å². The molecule has 1 saturated heterocycles. The Morgan fingerprint density at radius 3 is 2.52 bits per heavy atom. The van der Waals surface area contributed by atoms with Crippen LogP contribution in [0, 0.1) is 0 Å². The molecular formula is C20H19Cl2NO4. The molecule has 5 nitrogen and oxygen atoms in total. The number of ether oxygens (including phenoxy) is 1. The van der Waals surface area contributed by atoms with Gasteiger partial charge in [-0.1, -0.05) is 11.6 Å². The quantitative estimate of drug-likeness (QED) is 0.653. The predicted molar refractivity (Wildman–Crippen MR) is 106 cm³/mol. The van der Waals surface area contributed by atoms with E-state index in [9.17, 15) is 9.90 Å². The Kier molecular flexibility index (Phi) is 6.07. The van der Waals surface area contributed by atoms with Gasteiger partial charge in [0.25, 0.3) is 0 Å². The number of ketones is 1. The van der Waals surface area contributed by atoms with Crippen LogP contribution in [-0.2, 0) is 11.3 Å². The van der Waals surface area contributed by atoms with Gasteiger partial charge in [-0.25, -0.2) is 0 Å². The van der Waals surface area contributed by atoms with E-state index in [0.717, 1.165) is 13.1 Å². The minimum Gasteiger partial charge on any atom is -0.508 e. The molecule has 0 spiro atoms. The number of aromatic hydroxyl groups is 1. The lowest BCUT2D eigenvalue weighted by atomic mass is 9.98. The number of carbonyl (C=O) groups is 1. The van der Waals surface area contributed by atoms with E-state index < -0.39 is 0 Å². The van der Waals surface area contributed by atoms with Gasteiger partial charge in [0.1, 0.15) is 17.6 Å². The van der Waals surface area contributed by atoms with Crippen molar-refractivity contribution in [3.63, 3.8) is 0 Å². The number of fused-ring (bicyclic) bond motifs is 1. The molecule has 0 bridgehead atoms. The smallest absolute Gasteiger partial charge is 0.196 e. The van der Waals surface area contributed by atoms with Crippen molar-refractivity contribution in [1.29, 1.82) is 0 Å². The molecule has 0 radical (unpaired) electrons. The summed E-state index contributed by atoms with van der Waals surface area (Å²) in [7, 11) is 0. The molecule has 2 aromatic carbocycles. The highest BCUT2D eigenvalue weighted by molar-refractivity contribution is 6.30. The van der Waals surface area contributed by atoms with Gasteiger partial charge in [-0.05, 0) is 36.4 Å². The van der Waals surface area contributed by atoms with Crippen LogP contribution >= 0.6 is 24.0 Å². The van der Waals surface area contributed by atoms with Crippen LogP contribution in [0.25, 0.3) is 11.0 Å². The van der Waals surface area contributed by atoms with Crippen LogP contribution in [0.2, 0.25) is 5.02 Å². The van der Waals surface area contributed by atoms with Gasteiger partial charge in [-0.2, -0.15) is 0 Å². The van der Waals surface area contributed by atoms with Gasteiger partial charge >= 0.3 is 0 Å². The van der Waals surface area contributed by atoms with Crippen LogP contribution in [0.3, 0.4) is 0 Å². The first-order valence-electron chi connectivity index (χ1n) is 8.46. The van der Waals surface area contributed by atoms with Crippen molar-refractivity contribution in [2.45, 2.75) is 6.54 Å². The number of benzene rings is 2. The molecule has 27 heavy (non-hydrogen) atoms. The average molecular weight is 408 g/mol. The predicted octanol–water partition coefficient (Wildman–Crippen LogP) is 4.28. The largest absolute Gasteiger partial charge is 0.508 e. The number of phenolic OH excluding ortho intramolecular Hbond substituents is 1. The number of phenols is 1. The number of hydrogen-bond donors (Lipinski definition) is 1. The third-order valence-electron chi connectivity index (χ3n) is 4.66. The molecule has 7 heteroatoms. The lowest BCUT2D eigenvalue weighted by Crippen LogP contribution is -2.35. The number of furan rings is 1. The second kappa shape index (κ2) is 8.31. The van der Waals surface area contributed by atoms with Crippen molar-refractivity contribution in [2.24, 2.45) is 0 Å². The first kappa shape index (κ1) is 19.7. The Hall–Kier alpha value is -2.05. The summed E-state index contributed by atoms with van der Waals surface area (Å²) in [4.78, 5) is 15.2. The average Bonchev–Trinajstić information content (AvgIpc) is 3.09. The molecule has 1 N–H and O–H groups in total. The van der Waals surface area contributed by atoms with E-state index in [4.69, 9.17) is 20.8 Å². The van der Waals surface area contributed by atoms with Gasteiger partial charge in [0, 0.05) is 41.2 Å². The molecule has 0 atom stereocenters. The Morgan fingerprint density at radius 1 is 1.11 bits per heavy atom. The number of carbonyl (C=O) groups excluding carboxylic acids is 1. The van der Waals surface area contributed by atoms with Gasteiger partial charge in [0.05, 0.1) is 18.8 Å². The van der Waals surface area contributed by atoms with E-state index in [0.29, 0.717) is 52.4 Å². The molecule has 0 aliphatic carbocycles. The fourth-order valence-corrected chi connectivity index (χ4v) is 3.38. The minimum atomic E-state index is -0.158. The van der Waals surface area contributed by atoms with E-state index in [-0.39, 0.29) is 23.9 Å². The number of hydrogen-bond acceptors (Lipinski definition) is 5. The topological polar surface area (TPSA) is 62.9 Å². The summed E-state index contributed by atoms with van der Waals surface area (Å²) in [5.74, 6) is 0.00444. The highest BCUT2D eigenvalue weighted by atomic mass is 35.5. The maximum atomic E-state index is 13.0. The number of rotatable bonds is 4. The number of morpholine rings is 1. The molecular weight excluding hydrogens is 389 g/mol. The van der Waals surface area contributed by atoms with E-state index >= 15 is 0 Å². The van der Waals surface area contributed by atoms with Crippen molar-refractivity contribution < 1.29 is 19.1 Å². The standard InChI is InChI=1S/C20H18ClNO4.ClH/c21-14-3-1-13(2-4-14)20(24)16-12-26-18-6-5-17(23)15(19(16)18)11-22-7-9-25-10-8-22;/h1-6,12,23H,7-11H2;1H. The molecule has 0 unspecified atom stereocenters. The molecule has 1 aliphatic heterocycles. The van der Waals surface area contributed by atoms with E-state index in [1.54, 1.807) is 36.4 Å². The van der Waals surface area contributed by atoms with Crippen molar-refractivity contribution in [2.75, 3.05) is 26.3 Å². The maximum absolute atomic E-state index is 13.0. The SMILES string of the molecule is Cl.O=C(c1ccc(Cl)cc1)c1coc2ccc(O)c(CN3CCOCC3)c12. The summed E-state index contributed by atoms with van der Waals surface area (Å²) in [5.41, 5.74) is 2.26. The minimum absolute atomic E-state index is 0. The maximum Gasteiger partial charge on any atom is 0.196 e. The fourth-order valence-electron chi connectivity index (χ4n) is 3.26. The molecule has 4 rings (SSSR count). The molecule has 142 valence electrons. The van der Waals surface area contributed by atoms with E-state index in [2.05, 4.69) is 4.90 Å². The third kappa shape index (κ3) is 3.96. The van der Waals surface area contributed by atoms with Crippen LogP contribution in [0.5, 0.6) is 5.75 Å². The first-order valence-corrected chi connectivity index (χ1v) is 8.83. The summed E-state index contributed by atoms with van der Waals surface area (Å²) in [6.45, 7) is 3.44. The molecule has 3 aromatic rings. The molecule has 1 fully saturated rings. The zero-order valence-electron chi connectivity index (χ0n) is 14.5. The Labute approximate surface area is 167 Å². The second-order valence-corrected chi connectivity index (χ2v) is 6.75. The molecule has 1 aromatic heterocycles. The van der Waals surface area contributed by atoms with Crippen LogP contribution in [0.15, 0.2) is 47.1 Å². The van der Waals surface area contributed by atoms with Crippen molar-refractivity contribution in [1.82, 2.24) is 4.90 Å². The Balaban J connectivity index is 0.00000210. The summed E-state index contributed by atoms with van der Waals surface area (Å²) in [6, 6.07) is 10.0. The van der Waals surface area contributed by atoms with Crippen LogP contribution < -0.4 is 0 Å². The summed E-state index contributed by atoms with van der Waals surface area (Å²) >= 11 is 5.91. The third-order valence-corrected chi connectivity index (χ3v) is 4.91. The Bertz CT molecular complexity index is 947. The van der Waals surface area contributed by atoms with Gasteiger partial charge in [-0.15, -0.1) is 12.4 Å². The Morgan fingerprint density at radius 2 is 1.81 bits per heavy atom. The van der Waals surface area contributed by atoms with E-state index in [1.165, 1.54) is 6.26 Å². The van der Waals surface area contributed by atoms with Crippen LogP contribution in [-0.4, -0.2) is 42.1 Å². The highest BCUT2D eigenvalue weighted by Crippen LogP contribution is 2.33. The lowest BCUT2D eigenvalue weighted by molar-refractivity contribution is 0.0340. The molecule has 2 heterocycles. The monoisotopic (exact) mass is 407 g/mol. The number of halogens is 2. The summed E-state index contributed by atoms with van der Waals surface area (Å²) in [5, 5.41) is 11.7. The summed E-state index contributed by atoms with van der Waals surface area (Å²) in [6.07, 6.45) is 1.46. The highest BCUT2D eigenvalue weighted by Gasteiger charge is 2.22. The van der Waals surface area contributed by atoms with Crippen molar-refractivity contribution in [3.05, 3.63) is 64.4 Å². The van der Waals surface area contributed by atoms with Gasteiger partial charge in [-0.3, -0.25) is 9.69 Å². The van der Waals surface area contributed by atoms with Gasteiger partial charge in [0.2, 0.25) is 0 Å². The fraction of sp³-hybridized carbons (Fsp3) is 0.250. The van der Waals surface area contributed by atoms with Gasteiger partial charge in [0.15, 0.2) is 5.78 Å². The summed E-state index contributed by atoms with van der Waals surface area (Å²) < 4.78 is 11.0. The lowest BCUT2D eigenvalue weighted by Gasteiger charge is -2.27. The normalized spacial score (nSPS) is 14.9. The number of nitrogens with zero attached hydrogens (tertiary/aromatic N) is 1. The van der Waals surface area contributed by atoms with Crippen molar-refractivity contribution >= 4 is 40.8 Å². The van der Waals surface area contributed by atoms with Crippen LogP contribution in [0.4, 0.5) is 0 Å². The second-order valence-electron chi connectivity index (χ2n) is 6.31. The van der Waals surface area contributed by atoms with Crippen LogP contribution in [0.1, 0.15) is 21.5 Å².